The molecule has 0 saturated carbocycles. The van der Waals surface area contributed by atoms with Crippen LogP contribution in [0, 0.1) is 0 Å². The van der Waals surface area contributed by atoms with Gasteiger partial charge in [-0.2, -0.15) is 0 Å². The molecule has 4 aliphatic rings. The fraction of sp³-hybridized carbons (Fsp3) is 0.182. The zero-order chi connectivity index (χ0) is 66.4. The third-order valence-electron chi connectivity index (χ3n) is 18.6. The van der Waals surface area contributed by atoms with E-state index in [1.54, 1.807) is 0 Å². The van der Waals surface area contributed by atoms with E-state index < -0.39 is 0 Å². The number of aromatic nitrogens is 8. The Hall–Kier alpha value is -9.84. The van der Waals surface area contributed by atoms with Crippen LogP contribution in [0.4, 0.5) is 0 Å². The van der Waals surface area contributed by atoms with Gasteiger partial charge in [0.25, 0.3) is 0 Å². The number of benzene rings is 5. The number of hydrogen-bond donors (Lipinski definition) is 0. The van der Waals surface area contributed by atoms with Crippen LogP contribution in [0.5, 0.6) is 0 Å². The Morgan fingerprint density at radius 2 is 0.612 bits per heavy atom. The Morgan fingerprint density at radius 1 is 0.276 bits per heavy atom. The largest absolute Gasteiger partial charge is 2.00 e. The maximum Gasteiger partial charge on any atom is 2.00 e. The minimum atomic E-state index is -0.153. The number of hydrogen-bond acceptors (Lipinski definition) is 4. The SMILES string of the molecule is CC(C)(C)c1cc(-c2c3nc(cc4[n-]c(cc4/C=C/c4c5nc(c(-c6ccccc6)c6ccc([n-]6)c(-c6ccccc6)c6nc(c(-c7ccccc7)c7ccc4[n-]7)C=C6)C=C5)c(-c4cc(C(C)(C)C)cc(C(C)(C)C)c4)c4nc(cc5ccc2[n-]5)C=C4)C=C3)cc(C(C)(C)C)c1.[Ni+2].[Zn+2]. The second kappa shape index (κ2) is 25.9. The Balaban J connectivity index is 0.00000432. The van der Waals surface area contributed by atoms with Crippen LogP contribution in [-0.4, -0.2) is 19.9 Å². The summed E-state index contributed by atoms with van der Waals surface area (Å²) in [6.07, 6.45) is 21.3. The summed E-state index contributed by atoms with van der Waals surface area (Å²) in [4.78, 5) is 44.3. The van der Waals surface area contributed by atoms with Crippen molar-refractivity contribution in [1.29, 1.82) is 0 Å². The van der Waals surface area contributed by atoms with Crippen LogP contribution in [-0.2, 0) is 57.6 Å². The molecule has 0 unspecified atom stereocenters. The third-order valence-corrected chi connectivity index (χ3v) is 18.6. The molecule has 4 aliphatic heterocycles. The Labute approximate surface area is 597 Å². The van der Waals surface area contributed by atoms with E-state index in [0.717, 1.165) is 156 Å². The summed E-state index contributed by atoms with van der Waals surface area (Å²) in [6, 6.07) is 64.5. The van der Waals surface area contributed by atoms with Crippen LogP contribution in [0.15, 0.2) is 182 Å². The first-order valence-electron chi connectivity index (χ1n) is 33.3. The van der Waals surface area contributed by atoms with Crippen molar-refractivity contribution in [2.45, 2.75) is 105 Å². The van der Waals surface area contributed by atoms with Crippen molar-refractivity contribution in [2.24, 2.45) is 0 Å². The summed E-state index contributed by atoms with van der Waals surface area (Å²) < 4.78 is 0. The minimum absolute atomic E-state index is 0. The van der Waals surface area contributed by atoms with E-state index in [1.807, 2.05) is 18.2 Å². The summed E-state index contributed by atoms with van der Waals surface area (Å²) in [5.41, 5.74) is 28.8. The molecule has 0 spiro atoms. The molecule has 10 heterocycles. The van der Waals surface area contributed by atoms with Gasteiger partial charge in [0.15, 0.2) is 0 Å². The molecular weight excluding hydrogens is 1290 g/mol. The van der Waals surface area contributed by atoms with Crippen LogP contribution >= 0.6 is 0 Å². The van der Waals surface area contributed by atoms with Gasteiger partial charge in [-0.05, 0) is 159 Å². The van der Waals surface area contributed by atoms with E-state index in [2.05, 4.69) is 308 Å². The molecule has 0 atom stereocenters. The molecule has 6 aromatic heterocycles. The maximum atomic E-state index is 5.74. The molecule has 0 saturated heterocycles. The average Bonchev–Trinajstić information content (AvgIpc) is 1.57. The van der Waals surface area contributed by atoms with Crippen LogP contribution < -0.4 is 19.9 Å². The van der Waals surface area contributed by atoms with Crippen molar-refractivity contribution in [3.05, 3.63) is 261 Å². The zero-order valence-corrected chi connectivity index (χ0v) is 61.6. The summed E-state index contributed by atoms with van der Waals surface area (Å²) >= 11 is 0. The summed E-state index contributed by atoms with van der Waals surface area (Å²) in [6.45, 7) is 27.4. The quantitative estimate of drug-likeness (QED) is 0.145. The van der Waals surface area contributed by atoms with Crippen molar-refractivity contribution in [3.63, 3.8) is 0 Å². The molecule has 0 N–H and O–H groups in total. The van der Waals surface area contributed by atoms with Gasteiger partial charge in [0.05, 0.1) is 45.6 Å². The van der Waals surface area contributed by atoms with Crippen molar-refractivity contribution in [2.75, 3.05) is 0 Å². The van der Waals surface area contributed by atoms with Gasteiger partial charge in [-0.1, -0.05) is 277 Å². The molecule has 0 fully saturated rings. The van der Waals surface area contributed by atoms with Gasteiger partial charge in [-0.25, -0.2) is 19.9 Å². The molecule has 8 nitrogen and oxygen atoms in total. The van der Waals surface area contributed by atoms with E-state index >= 15 is 0 Å². The van der Waals surface area contributed by atoms with Crippen molar-refractivity contribution >= 4 is 105 Å². The first-order valence-corrected chi connectivity index (χ1v) is 33.3. The van der Waals surface area contributed by atoms with E-state index in [4.69, 9.17) is 39.9 Å². The van der Waals surface area contributed by atoms with Crippen LogP contribution in [0.2, 0.25) is 0 Å². The molecule has 0 amide bonds. The van der Waals surface area contributed by atoms with Gasteiger partial charge < -0.3 is 19.9 Å². The van der Waals surface area contributed by atoms with Crippen LogP contribution in [0.3, 0.4) is 0 Å². The Morgan fingerprint density at radius 3 is 1.06 bits per heavy atom. The van der Waals surface area contributed by atoms with Crippen LogP contribution in [0.1, 0.15) is 162 Å². The number of nitrogens with zero attached hydrogens (tertiary/aromatic N) is 8. The topological polar surface area (TPSA) is 108 Å². The molecule has 10 heteroatoms. The Kier molecular flexibility index (Phi) is 17.6. The van der Waals surface area contributed by atoms with E-state index in [0.29, 0.717) is 0 Å². The average molecular weight is 1370 g/mol. The number of rotatable bonds is 7. The van der Waals surface area contributed by atoms with Crippen molar-refractivity contribution in [1.82, 2.24) is 39.9 Å². The third kappa shape index (κ3) is 13.1. The molecule has 480 valence electrons. The normalized spacial score (nSPS) is 12.9. The number of fused-ring (bicyclic) bond motifs is 16. The standard InChI is InChI=1S/C88H76N8.Ni.Zn/c1-85(2,3)59-44-57(45-60(49-59)86(4,5)6)83-69-33-29-63(89-69)51-64-30-34-71(90-64)84(58-46-61(87(7,8)9)50-62(47-58)88(10,11)12)79-48-56(78(96-79)52-65-31-35-70(83)91-65)28-32-66-67-36-38-72(92-67)80(53-22-16-13-17-23-53)74-40-42-76(94-74)82(55-26-20-15-21-27-55)77-43-41-75(95-77)81(54-24-18-14-19-25-54)73-39-37-68(66)93-73;;/h13-52H,1-12H3;;/q-4;2*+2/b32-28+,63-51?,64-51?,65-52?,67-66?,68-66?,78-52?,80-72?,80-74?,81-73?,81-75?,82-76?,82-77?,83-69?,83-70?,84-71?,84-79?;;. The molecule has 0 aliphatic carbocycles. The first-order chi connectivity index (χ1) is 46.0. The predicted molar refractivity (Wildman–Crippen MR) is 405 cm³/mol. The molecule has 0 radical (unpaired) electrons. The smallest absolute Gasteiger partial charge is 0.657 e. The summed E-state index contributed by atoms with van der Waals surface area (Å²) in [5.74, 6) is 0. The monoisotopic (exact) mass is 1370 g/mol. The fourth-order valence-corrected chi connectivity index (χ4v) is 13.2. The fourth-order valence-electron chi connectivity index (χ4n) is 13.2. The van der Waals surface area contributed by atoms with Gasteiger partial charge in [-0.15, -0.1) is 44.1 Å². The van der Waals surface area contributed by atoms with Gasteiger partial charge in [-0.3, -0.25) is 0 Å². The van der Waals surface area contributed by atoms with Gasteiger partial charge in [0.2, 0.25) is 0 Å². The predicted octanol–water partition coefficient (Wildman–Crippen LogP) is 21.8. The van der Waals surface area contributed by atoms with E-state index in [1.165, 1.54) is 22.3 Å². The second-order valence-electron chi connectivity index (χ2n) is 29.7. The van der Waals surface area contributed by atoms with E-state index in [9.17, 15) is 0 Å². The second-order valence-corrected chi connectivity index (χ2v) is 29.7. The Bertz CT molecular complexity index is 5390. The van der Waals surface area contributed by atoms with Gasteiger partial charge in [0.1, 0.15) is 0 Å². The minimum Gasteiger partial charge on any atom is -0.657 e. The summed E-state index contributed by atoms with van der Waals surface area (Å²) in [7, 11) is 0. The first kappa shape index (κ1) is 66.8. The molecular formula is C88H76N8NiZn. The van der Waals surface area contributed by atoms with Crippen LogP contribution in [0.25, 0.3) is 161 Å². The molecule has 15 rings (SSSR count). The zero-order valence-electron chi connectivity index (χ0n) is 57.7. The van der Waals surface area contributed by atoms with Crippen molar-refractivity contribution in [3.8, 4) is 55.6 Å². The molecule has 98 heavy (non-hydrogen) atoms. The molecule has 11 aromatic rings. The molecule has 5 aromatic carbocycles. The maximum absolute atomic E-state index is 5.74. The van der Waals surface area contributed by atoms with Gasteiger partial charge >= 0.3 is 36.0 Å². The van der Waals surface area contributed by atoms with E-state index in [-0.39, 0.29) is 57.6 Å². The molecule has 16 bridgehead atoms. The van der Waals surface area contributed by atoms with Gasteiger partial charge in [0, 0.05) is 0 Å². The van der Waals surface area contributed by atoms with Crippen molar-refractivity contribution < 1.29 is 36.0 Å². The summed E-state index contributed by atoms with van der Waals surface area (Å²) in [5, 5.41) is 0.